The molecule has 0 bridgehead atoms. The third-order valence-electron chi connectivity index (χ3n) is 6.14. The lowest BCUT2D eigenvalue weighted by Gasteiger charge is -2.40. The fourth-order valence-corrected chi connectivity index (χ4v) is 4.84. The maximum atomic E-state index is 13.1. The van der Waals surface area contributed by atoms with Crippen molar-refractivity contribution in [2.75, 3.05) is 13.1 Å². The standard InChI is InChI=1S/C21H27BrN2O4/c22-16-5-3-4-15(14-16)19(27)23-17(6-7-18(25)26)20(28)24-12-10-21(11-13-24)8-1-2-9-21/h3-5,14,17H,1-2,6-13H2,(H,23,27)(H,25,26)/t17-/m1/s1. The number of benzene rings is 1. The van der Waals surface area contributed by atoms with E-state index in [4.69, 9.17) is 5.11 Å². The van der Waals surface area contributed by atoms with Crippen LogP contribution in [0.1, 0.15) is 61.7 Å². The SMILES string of the molecule is O=C(O)CC[C@@H](NC(=O)c1cccc(Br)c1)C(=O)N1CCC2(CCCC2)CC1. The maximum Gasteiger partial charge on any atom is 0.303 e. The van der Waals surface area contributed by atoms with Crippen LogP contribution in [0.15, 0.2) is 28.7 Å². The van der Waals surface area contributed by atoms with E-state index in [0.717, 1.165) is 17.3 Å². The molecule has 1 aliphatic heterocycles. The van der Waals surface area contributed by atoms with Crippen LogP contribution in [0.4, 0.5) is 0 Å². The molecule has 3 rings (SSSR count). The van der Waals surface area contributed by atoms with E-state index in [-0.39, 0.29) is 24.7 Å². The summed E-state index contributed by atoms with van der Waals surface area (Å²) in [7, 11) is 0. The summed E-state index contributed by atoms with van der Waals surface area (Å²) in [5.74, 6) is -1.51. The third-order valence-corrected chi connectivity index (χ3v) is 6.63. The number of likely N-dealkylation sites (tertiary alicyclic amines) is 1. The van der Waals surface area contributed by atoms with Crippen LogP contribution < -0.4 is 5.32 Å². The van der Waals surface area contributed by atoms with Gasteiger partial charge in [0.1, 0.15) is 6.04 Å². The molecular formula is C21H27BrN2O4. The molecule has 1 saturated heterocycles. The van der Waals surface area contributed by atoms with Gasteiger partial charge in [-0.05, 0) is 55.7 Å². The van der Waals surface area contributed by atoms with Crippen molar-refractivity contribution in [3.8, 4) is 0 Å². The summed E-state index contributed by atoms with van der Waals surface area (Å²) in [4.78, 5) is 38.5. The molecule has 1 aliphatic carbocycles. The molecule has 0 unspecified atom stereocenters. The van der Waals surface area contributed by atoms with Crippen molar-refractivity contribution in [1.82, 2.24) is 10.2 Å². The topological polar surface area (TPSA) is 86.7 Å². The Hall–Kier alpha value is -1.89. The number of rotatable bonds is 6. The number of nitrogens with one attached hydrogen (secondary N) is 1. The highest BCUT2D eigenvalue weighted by Gasteiger charge is 2.39. The summed E-state index contributed by atoms with van der Waals surface area (Å²) in [6, 6.07) is 6.10. The van der Waals surface area contributed by atoms with Gasteiger partial charge in [0, 0.05) is 29.5 Å². The van der Waals surface area contributed by atoms with Gasteiger partial charge >= 0.3 is 5.97 Å². The summed E-state index contributed by atoms with van der Waals surface area (Å²) in [6.07, 6.45) is 6.99. The van der Waals surface area contributed by atoms with Crippen LogP contribution in [0.25, 0.3) is 0 Å². The van der Waals surface area contributed by atoms with Gasteiger partial charge in [-0.3, -0.25) is 14.4 Å². The molecule has 152 valence electrons. The van der Waals surface area contributed by atoms with Gasteiger partial charge in [0.15, 0.2) is 0 Å². The zero-order valence-corrected chi connectivity index (χ0v) is 17.5. The van der Waals surface area contributed by atoms with Crippen LogP contribution in [-0.2, 0) is 9.59 Å². The lowest BCUT2D eigenvalue weighted by molar-refractivity contribution is -0.138. The van der Waals surface area contributed by atoms with E-state index in [1.54, 1.807) is 23.1 Å². The minimum absolute atomic E-state index is 0.0928. The molecule has 6 nitrogen and oxygen atoms in total. The Labute approximate surface area is 173 Å². The van der Waals surface area contributed by atoms with Crippen molar-refractivity contribution < 1.29 is 19.5 Å². The van der Waals surface area contributed by atoms with Crippen molar-refractivity contribution >= 4 is 33.7 Å². The molecule has 1 atom stereocenters. The molecule has 1 aromatic carbocycles. The van der Waals surface area contributed by atoms with E-state index in [2.05, 4.69) is 21.2 Å². The van der Waals surface area contributed by atoms with E-state index in [1.165, 1.54) is 25.7 Å². The number of aliphatic carboxylic acids is 1. The van der Waals surface area contributed by atoms with Crippen LogP contribution in [0.2, 0.25) is 0 Å². The predicted octanol–water partition coefficient (Wildman–Crippen LogP) is 3.60. The second-order valence-electron chi connectivity index (χ2n) is 8.00. The van der Waals surface area contributed by atoms with Crippen LogP contribution in [-0.4, -0.2) is 46.9 Å². The highest BCUT2D eigenvalue weighted by molar-refractivity contribution is 9.10. The third kappa shape index (κ3) is 5.13. The fraction of sp³-hybridized carbons (Fsp3) is 0.571. The average Bonchev–Trinajstić information content (AvgIpc) is 3.13. The number of hydrogen-bond donors (Lipinski definition) is 2. The highest BCUT2D eigenvalue weighted by Crippen LogP contribution is 2.46. The number of hydrogen-bond acceptors (Lipinski definition) is 3. The Morgan fingerprint density at radius 2 is 1.82 bits per heavy atom. The van der Waals surface area contributed by atoms with Crippen molar-refractivity contribution in [2.45, 2.75) is 57.4 Å². The summed E-state index contributed by atoms with van der Waals surface area (Å²) < 4.78 is 0.770. The Morgan fingerprint density at radius 1 is 1.14 bits per heavy atom. The van der Waals surface area contributed by atoms with Gasteiger partial charge in [-0.25, -0.2) is 0 Å². The molecule has 28 heavy (non-hydrogen) atoms. The fourth-order valence-electron chi connectivity index (χ4n) is 4.44. The number of piperidine rings is 1. The zero-order valence-electron chi connectivity index (χ0n) is 16.0. The molecule has 1 spiro atoms. The van der Waals surface area contributed by atoms with Crippen molar-refractivity contribution in [3.63, 3.8) is 0 Å². The molecule has 2 N–H and O–H groups in total. The number of carboxylic acid groups (broad SMARTS) is 1. The van der Waals surface area contributed by atoms with Gasteiger partial charge in [0.2, 0.25) is 5.91 Å². The van der Waals surface area contributed by atoms with Gasteiger partial charge < -0.3 is 15.3 Å². The number of carbonyl (C=O) groups excluding carboxylic acids is 2. The van der Waals surface area contributed by atoms with Gasteiger partial charge in [0.05, 0.1) is 0 Å². The van der Waals surface area contributed by atoms with E-state index in [9.17, 15) is 14.4 Å². The molecular weight excluding hydrogens is 424 g/mol. The smallest absolute Gasteiger partial charge is 0.303 e. The summed E-state index contributed by atoms with van der Waals surface area (Å²) in [5, 5.41) is 11.8. The minimum Gasteiger partial charge on any atom is -0.481 e. The van der Waals surface area contributed by atoms with Crippen molar-refractivity contribution in [2.24, 2.45) is 5.41 Å². The lowest BCUT2D eigenvalue weighted by Crippen LogP contribution is -2.52. The van der Waals surface area contributed by atoms with E-state index in [0.29, 0.717) is 24.1 Å². The molecule has 2 amide bonds. The monoisotopic (exact) mass is 450 g/mol. The van der Waals surface area contributed by atoms with Crippen LogP contribution in [0.3, 0.4) is 0 Å². The molecule has 7 heteroatoms. The van der Waals surface area contributed by atoms with E-state index < -0.39 is 12.0 Å². The number of carbonyl (C=O) groups is 3. The first-order valence-electron chi connectivity index (χ1n) is 9.96. The van der Waals surface area contributed by atoms with Gasteiger partial charge in [0.25, 0.3) is 5.91 Å². The number of carboxylic acids is 1. The minimum atomic E-state index is -0.974. The Balaban J connectivity index is 1.65. The van der Waals surface area contributed by atoms with Crippen molar-refractivity contribution in [3.05, 3.63) is 34.3 Å². The molecule has 0 aromatic heterocycles. The highest BCUT2D eigenvalue weighted by atomic mass is 79.9. The van der Waals surface area contributed by atoms with Gasteiger partial charge in [-0.15, -0.1) is 0 Å². The molecule has 0 radical (unpaired) electrons. The van der Waals surface area contributed by atoms with Crippen LogP contribution in [0, 0.1) is 5.41 Å². The summed E-state index contributed by atoms with van der Waals surface area (Å²) >= 11 is 3.33. The van der Waals surface area contributed by atoms with E-state index in [1.807, 2.05) is 6.07 Å². The quantitative estimate of drug-likeness (QED) is 0.692. The van der Waals surface area contributed by atoms with Gasteiger partial charge in [-0.1, -0.05) is 34.8 Å². The van der Waals surface area contributed by atoms with E-state index >= 15 is 0 Å². The summed E-state index contributed by atoms with van der Waals surface area (Å²) in [5.41, 5.74) is 0.832. The molecule has 1 heterocycles. The average molecular weight is 451 g/mol. The van der Waals surface area contributed by atoms with Gasteiger partial charge in [-0.2, -0.15) is 0 Å². The molecule has 1 saturated carbocycles. The van der Waals surface area contributed by atoms with Crippen LogP contribution in [0.5, 0.6) is 0 Å². The normalized spacial score (nSPS) is 19.4. The number of halogens is 1. The molecule has 2 fully saturated rings. The Bertz CT molecular complexity index is 736. The first-order chi connectivity index (χ1) is 13.4. The zero-order chi connectivity index (χ0) is 20.1. The predicted molar refractivity (Wildman–Crippen MR) is 109 cm³/mol. The molecule has 1 aromatic rings. The number of nitrogens with zero attached hydrogens (tertiary/aromatic N) is 1. The maximum absolute atomic E-state index is 13.1. The lowest BCUT2D eigenvalue weighted by atomic mass is 9.77. The second kappa shape index (κ2) is 9.07. The first kappa shape index (κ1) is 20.8. The summed E-state index contributed by atoms with van der Waals surface area (Å²) in [6.45, 7) is 1.38. The van der Waals surface area contributed by atoms with Crippen molar-refractivity contribution in [1.29, 1.82) is 0 Å². The first-order valence-corrected chi connectivity index (χ1v) is 10.7. The number of amides is 2. The largest absolute Gasteiger partial charge is 0.481 e. The Morgan fingerprint density at radius 3 is 2.43 bits per heavy atom. The Kier molecular flexibility index (Phi) is 6.75. The second-order valence-corrected chi connectivity index (χ2v) is 8.92. The molecule has 2 aliphatic rings. The van der Waals surface area contributed by atoms with Crippen LogP contribution >= 0.6 is 15.9 Å².